The maximum Gasteiger partial charge on any atom is 0.224 e. The quantitative estimate of drug-likeness (QED) is 0.697. The van der Waals surface area contributed by atoms with E-state index >= 15 is 0 Å². The molecule has 0 radical (unpaired) electrons. The number of nitrogens with zero attached hydrogens (tertiary/aromatic N) is 1. The van der Waals surface area contributed by atoms with Crippen LogP contribution in [0.1, 0.15) is 47.0 Å². The average molecular weight is 199 g/mol. The van der Waals surface area contributed by atoms with Gasteiger partial charge >= 0.3 is 0 Å². The molecule has 1 fully saturated rings. The monoisotopic (exact) mass is 199 g/mol. The number of ether oxygens (including phenoxy) is 1. The molecule has 1 aliphatic rings. The fraction of sp³-hybridized carbons (Fsp3) is 0.909. The van der Waals surface area contributed by atoms with Gasteiger partial charge in [0.1, 0.15) is 5.72 Å². The van der Waals surface area contributed by atoms with E-state index in [2.05, 4.69) is 6.92 Å². The van der Waals surface area contributed by atoms with Gasteiger partial charge in [0.2, 0.25) is 5.91 Å². The Balaban J connectivity index is 2.76. The number of carbonyl (C=O) groups excluding carboxylic acids is 1. The van der Waals surface area contributed by atoms with Crippen molar-refractivity contribution in [3.63, 3.8) is 0 Å². The van der Waals surface area contributed by atoms with E-state index < -0.39 is 5.72 Å². The molecule has 1 atom stereocenters. The summed E-state index contributed by atoms with van der Waals surface area (Å²) in [6.07, 6.45) is 2.69. The van der Waals surface area contributed by atoms with Gasteiger partial charge in [-0.1, -0.05) is 20.3 Å². The molecule has 0 saturated carbocycles. The highest BCUT2D eigenvalue weighted by Gasteiger charge is 2.42. The minimum atomic E-state index is -0.410. The van der Waals surface area contributed by atoms with Gasteiger partial charge in [-0.2, -0.15) is 0 Å². The molecule has 1 heterocycles. The van der Waals surface area contributed by atoms with Crippen molar-refractivity contribution in [3.05, 3.63) is 0 Å². The second-order valence-electron chi connectivity index (χ2n) is 4.32. The van der Waals surface area contributed by atoms with Gasteiger partial charge in [-0.05, 0) is 20.3 Å². The maximum absolute atomic E-state index is 11.8. The second kappa shape index (κ2) is 4.30. The molecule has 3 nitrogen and oxygen atoms in total. The van der Waals surface area contributed by atoms with Crippen LogP contribution < -0.4 is 0 Å². The van der Waals surface area contributed by atoms with Crippen LogP contribution in [0.25, 0.3) is 0 Å². The van der Waals surface area contributed by atoms with E-state index in [1.165, 1.54) is 0 Å². The molecule has 0 bridgehead atoms. The van der Waals surface area contributed by atoms with Gasteiger partial charge in [0.25, 0.3) is 0 Å². The largest absolute Gasteiger partial charge is 0.354 e. The molecular formula is C11H21NO2. The van der Waals surface area contributed by atoms with Crippen LogP contribution in [-0.2, 0) is 9.53 Å². The zero-order chi connectivity index (χ0) is 10.8. The van der Waals surface area contributed by atoms with Crippen LogP contribution >= 0.6 is 0 Å². The first-order chi connectivity index (χ1) is 6.53. The summed E-state index contributed by atoms with van der Waals surface area (Å²) in [6.45, 7) is 8.67. The minimum Gasteiger partial charge on any atom is -0.354 e. The topological polar surface area (TPSA) is 29.5 Å². The van der Waals surface area contributed by atoms with Crippen molar-refractivity contribution in [2.75, 3.05) is 6.61 Å². The molecule has 0 aromatic carbocycles. The minimum absolute atomic E-state index is 0.200. The summed E-state index contributed by atoms with van der Waals surface area (Å²) in [7, 11) is 0. The van der Waals surface area contributed by atoms with Gasteiger partial charge in [0, 0.05) is 6.42 Å². The Morgan fingerprint density at radius 2 is 2.14 bits per heavy atom. The molecule has 0 aromatic rings. The normalized spacial score (nSPS) is 25.4. The molecule has 14 heavy (non-hydrogen) atoms. The van der Waals surface area contributed by atoms with E-state index in [4.69, 9.17) is 4.74 Å². The Labute approximate surface area is 86.4 Å². The fourth-order valence-electron chi connectivity index (χ4n) is 2.10. The summed E-state index contributed by atoms with van der Waals surface area (Å²) in [4.78, 5) is 13.7. The average Bonchev–Trinajstić information content (AvgIpc) is 2.41. The standard InChI is InChI=1S/C11H21NO2/c1-5-7-9-8-14-11(3,4)12(9)10(13)6-2/h9H,5-8H2,1-4H3. The molecule has 1 aliphatic heterocycles. The van der Waals surface area contributed by atoms with Crippen LogP contribution in [0.15, 0.2) is 0 Å². The van der Waals surface area contributed by atoms with Crippen molar-refractivity contribution in [2.45, 2.75) is 58.7 Å². The molecule has 1 saturated heterocycles. The number of carbonyl (C=O) groups is 1. The molecule has 1 unspecified atom stereocenters. The third-order valence-corrected chi connectivity index (χ3v) is 2.77. The van der Waals surface area contributed by atoms with E-state index in [0.717, 1.165) is 12.8 Å². The van der Waals surface area contributed by atoms with E-state index in [0.29, 0.717) is 13.0 Å². The van der Waals surface area contributed by atoms with Gasteiger partial charge < -0.3 is 9.64 Å². The molecule has 0 N–H and O–H groups in total. The summed E-state index contributed by atoms with van der Waals surface area (Å²) < 4.78 is 5.65. The molecule has 0 aromatic heterocycles. The number of amides is 1. The van der Waals surface area contributed by atoms with Crippen LogP contribution in [0.2, 0.25) is 0 Å². The zero-order valence-electron chi connectivity index (χ0n) is 9.67. The van der Waals surface area contributed by atoms with Crippen molar-refractivity contribution < 1.29 is 9.53 Å². The van der Waals surface area contributed by atoms with Crippen LogP contribution in [0.5, 0.6) is 0 Å². The van der Waals surface area contributed by atoms with E-state index in [9.17, 15) is 4.79 Å². The van der Waals surface area contributed by atoms with Crippen molar-refractivity contribution in [1.82, 2.24) is 4.90 Å². The molecular weight excluding hydrogens is 178 g/mol. The van der Waals surface area contributed by atoms with Gasteiger partial charge in [-0.25, -0.2) is 0 Å². The lowest BCUT2D eigenvalue weighted by atomic mass is 10.1. The lowest BCUT2D eigenvalue weighted by Crippen LogP contribution is -2.47. The van der Waals surface area contributed by atoms with E-state index in [1.807, 2.05) is 25.7 Å². The first kappa shape index (κ1) is 11.5. The van der Waals surface area contributed by atoms with Gasteiger partial charge in [-0.3, -0.25) is 4.79 Å². The van der Waals surface area contributed by atoms with Crippen LogP contribution in [0.3, 0.4) is 0 Å². The molecule has 0 aliphatic carbocycles. The van der Waals surface area contributed by atoms with Crippen molar-refractivity contribution in [3.8, 4) is 0 Å². The summed E-state index contributed by atoms with van der Waals surface area (Å²) in [5.41, 5.74) is -0.410. The highest BCUT2D eigenvalue weighted by Crippen LogP contribution is 2.29. The Morgan fingerprint density at radius 3 is 2.64 bits per heavy atom. The Kier molecular flexibility index (Phi) is 3.53. The predicted octanol–water partition coefficient (Wildman–Crippen LogP) is 2.16. The molecule has 1 amide bonds. The smallest absolute Gasteiger partial charge is 0.224 e. The first-order valence-corrected chi connectivity index (χ1v) is 5.49. The Hall–Kier alpha value is -0.570. The van der Waals surface area contributed by atoms with Gasteiger partial charge in [0.05, 0.1) is 12.6 Å². The van der Waals surface area contributed by atoms with Crippen LogP contribution in [0, 0.1) is 0 Å². The Bertz CT molecular complexity index is 213. The summed E-state index contributed by atoms with van der Waals surface area (Å²) in [5, 5.41) is 0. The maximum atomic E-state index is 11.8. The van der Waals surface area contributed by atoms with Crippen LogP contribution in [0.4, 0.5) is 0 Å². The molecule has 0 spiro atoms. The number of rotatable bonds is 3. The lowest BCUT2D eigenvalue weighted by Gasteiger charge is -2.33. The molecule has 1 rings (SSSR count). The van der Waals surface area contributed by atoms with Crippen LogP contribution in [-0.4, -0.2) is 29.2 Å². The Morgan fingerprint density at radius 1 is 1.50 bits per heavy atom. The van der Waals surface area contributed by atoms with Crippen molar-refractivity contribution in [2.24, 2.45) is 0 Å². The van der Waals surface area contributed by atoms with Crippen molar-refractivity contribution in [1.29, 1.82) is 0 Å². The van der Waals surface area contributed by atoms with Crippen molar-refractivity contribution >= 4 is 5.91 Å². The van der Waals surface area contributed by atoms with Gasteiger partial charge in [0.15, 0.2) is 0 Å². The first-order valence-electron chi connectivity index (χ1n) is 5.49. The fourth-order valence-corrected chi connectivity index (χ4v) is 2.10. The summed E-state index contributed by atoms with van der Waals surface area (Å²) in [6, 6.07) is 0.280. The third-order valence-electron chi connectivity index (χ3n) is 2.77. The van der Waals surface area contributed by atoms with Gasteiger partial charge in [-0.15, -0.1) is 0 Å². The lowest BCUT2D eigenvalue weighted by molar-refractivity contribution is -0.145. The molecule has 3 heteroatoms. The number of hydrogen-bond acceptors (Lipinski definition) is 2. The SMILES string of the molecule is CCCC1COC(C)(C)N1C(=O)CC. The summed E-state index contributed by atoms with van der Waals surface area (Å²) in [5.74, 6) is 0.200. The highest BCUT2D eigenvalue weighted by atomic mass is 16.5. The summed E-state index contributed by atoms with van der Waals surface area (Å²) >= 11 is 0. The second-order valence-corrected chi connectivity index (χ2v) is 4.32. The number of hydrogen-bond donors (Lipinski definition) is 0. The van der Waals surface area contributed by atoms with E-state index in [1.54, 1.807) is 0 Å². The van der Waals surface area contributed by atoms with E-state index in [-0.39, 0.29) is 11.9 Å². The molecule has 82 valence electrons. The highest BCUT2D eigenvalue weighted by molar-refractivity contribution is 5.77. The third kappa shape index (κ3) is 2.08. The predicted molar refractivity (Wildman–Crippen MR) is 55.9 cm³/mol. The zero-order valence-corrected chi connectivity index (χ0v) is 9.67.